The van der Waals surface area contributed by atoms with Crippen LogP contribution in [0.25, 0.3) is 0 Å². The van der Waals surface area contributed by atoms with Crippen molar-refractivity contribution in [1.29, 1.82) is 0 Å². The molecular formula is C18H18O2S. The molecule has 108 valence electrons. The zero-order chi connectivity index (χ0) is 14.7. The van der Waals surface area contributed by atoms with Crippen molar-refractivity contribution in [3.05, 3.63) is 65.7 Å². The lowest BCUT2D eigenvalue weighted by Crippen LogP contribution is -2.13. The summed E-state index contributed by atoms with van der Waals surface area (Å²) in [5.74, 6) is 0.432. The van der Waals surface area contributed by atoms with Gasteiger partial charge in [0.2, 0.25) is 0 Å². The Balaban J connectivity index is 1.70. The molecule has 21 heavy (non-hydrogen) atoms. The van der Waals surface area contributed by atoms with Crippen molar-refractivity contribution in [3.8, 4) is 0 Å². The van der Waals surface area contributed by atoms with Crippen LogP contribution in [0.3, 0.4) is 0 Å². The van der Waals surface area contributed by atoms with Crippen molar-refractivity contribution in [1.82, 2.24) is 0 Å². The molecule has 2 nitrogen and oxygen atoms in total. The maximum atomic E-state index is 11.5. The van der Waals surface area contributed by atoms with Crippen molar-refractivity contribution in [2.24, 2.45) is 0 Å². The molecule has 0 aliphatic carbocycles. The van der Waals surface area contributed by atoms with Crippen molar-refractivity contribution in [2.45, 2.75) is 29.6 Å². The monoisotopic (exact) mass is 298 g/mol. The summed E-state index contributed by atoms with van der Waals surface area (Å²) in [7, 11) is 0. The molecule has 0 saturated carbocycles. The van der Waals surface area contributed by atoms with Crippen LogP contribution in [0.15, 0.2) is 59.5 Å². The molecule has 1 aliphatic rings. The van der Waals surface area contributed by atoms with E-state index >= 15 is 0 Å². The molecule has 1 N–H and O–H groups in total. The van der Waals surface area contributed by atoms with E-state index in [0.29, 0.717) is 12.3 Å². The predicted octanol–water partition coefficient (Wildman–Crippen LogP) is 4.52. The summed E-state index contributed by atoms with van der Waals surface area (Å²) in [4.78, 5) is 12.9. The number of fused-ring (bicyclic) bond motifs is 1. The van der Waals surface area contributed by atoms with Crippen LogP contribution in [0, 0.1) is 0 Å². The van der Waals surface area contributed by atoms with Crippen LogP contribution in [0.4, 0.5) is 0 Å². The van der Waals surface area contributed by atoms with Crippen LogP contribution in [-0.2, 0) is 4.79 Å². The SMILES string of the molecule is O=C(O)C(CCC1CSc2ccccc21)c1ccccc1. The minimum absolute atomic E-state index is 0.399. The van der Waals surface area contributed by atoms with Gasteiger partial charge in [-0.15, -0.1) is 11.8 Å². The molecule has 2 aromatic carbocycles. The average molecular weight is 298 g/mol. The zero-order valence-corrected chi connectivity index (χ0v) is 12.6. The first-order chi connectivity index (χ1) is 10.3. The highest BCUT2D eigenvalue weighted by Crippen LogP contribution is 2.42. The molecule has 2 aromatic rings. The Morgan fingerprint density at radius 3 is 2.62 bits per heavy atom. The van der Waals surface area contributed by atoms with Gasteiger partial charge in [-0.2, -0.15) is 0 Å². The van der Waals surface area contributed by atoms with E-state index in [1.54, 1.807) is 0 Å². The number of carboxylic acids is 1. The maximum Gasteiger partial charge on any atom is 0.310 e. The molecule has 2 unspecified atom stereocenters. The van der Waals surface area contributed by atoms with E-state index in [1.807, 2.05) is 42.1 Å². The number of thioether (sulfide) groups is 1. The zero-order valence-electron chi connectivity index (χ0n) is 11.7. The van der Waals surface area contributed by atoms with Gasteiger partial charge < -0.3 is 5.11 Å². The standard InChI is InChI=1S/C18H18O2S/c19-18(20)16(13-6-2-1-3-7-13)11-10-14-12-21-17-9-5-4-8-15(14)17/h1-9,14,16H,10-12H2,(H,19,20). The van der Waals surface area contributed by atoms with Gasteiger partial charge in [0.15, 0.2) is 0 Å². The van der Waals surface area contributed by atoms with Gasteiger partial charge in [-0.25, -0.2) is 0 Å². The van der Waals surface area contributed by atoms with Gasteiger partial charge in [0.1, 0.15) is 0 Å². The largest absolute Gasteiger partial charge is 0.481 e. The summed E-state index contributed by atoms with van der Waals surface area (Å²) in [5.41, 5.74) is 2.30. The summed E-state index contributed by atoms with van der Waals surface area (Å²) < 4.78 is 0. The third-order valence-electron chi connectivity index (χ3n) is 4.10. The number of aliphatic carboxylic acids is 1. The lowest BCUT2D eigenvalue weighted by Gasteiger charge is -2.16. The predicted molar refractivity (Wildman–Crippen MR) is 86.0 cm³/mol. The van der Waals surface area contributed by atoms with Crippen LogP contribution in [0.2, 0.25) is 0 Å². The smallest absolute Gasteiger partial charge is 0.310 e. The van der Waals surface area contributed by atoms with Crippen LogP contribution < -0.4 is 0 Å². The molecule has 1 aliphatic heterocycles. The van der Waals surface area contributed by atoms with Crippen LogP contribution in [0.5, 0.6) is 0 Å². The highest BCUT2D eigenvalue weighted by molar-refractivity contribution is 7.99. The van der Waals surface area contributed by atoms with Gasteiger partial charge in [-0.3, -0.25) is 4.79 Å². The van der Waals surface area contributed by atoms with E-state index in [4.69, 9.17) is 0 Å². The number of carboxylic acid groups (broad SMARTS) is 1. The van der Waals surface area contributed by atoms with Gasteiger partial charge in [0.25, 0.3) is 0 Å². The minimum Gasteiger partial charge on any atom is -0.481 e. The Bertz CT molecular complexity index is 624. The second-order valence-corrected chi connectivity index (χ2v) is 6.49. The van der Waals surface area contributed by atoms with E-state index < -0.39 is 11.9 Å². The first kappa shape index (κ1) is 14.2. The van der Waals surface area contributed by atoms with Gasteiger partial charge in [0, 0.05) is 10.6 Å². The highest BCUT2D eigenvalue weighted by Gasteiger charge is 2.26. The molecule has 0 radical (unpaired) electrons. The van der Waals surface area contributed by atoms with Crippen molar-refractivity contribution < 1.29 is 9.90 Å². The number of rotatable bonds is 5. The third kappa shape index (κ3) is 3.13. The fraction of sp³-hybridized carbons (Fsp3) is 0.278. The van der Waals surface area contributed by atoms with E-state index in [9.17, 15) is 9.90 Å². The minimum atomic E-state index is -0.722. The van der Waals surface area contributed by atoms with Crippen molar-refractivity contribution in [3.63, 3.8) is 0 Å². The van der Waals surface area contributed by atoms with Crippen LogP contribution in [-0.4, -0.2) is 16.8 Å². The first-order valence-corrected chi connectivity index (χ1v) is 8.23. The lowest BCUT2D eigenvalue weighted by atomic mass is 9.88. The molecule has 0 aromatic heterocycles. The molecule has 3 rings (SSSR count). The fourth-order valence-corrected chi connectivity index (χ4v) is 4.26. The molecule has 2 atom stereocenters. The van der Waals surface area contributed by atoms with Crippen molar-refractivity contribution in [2.75, 3.05) is 5.75 Å². The second-order valence-electron chi connectivity index (χ2n) is 5.42. The summed E-state index contributed by atoms with van der Waals surface area (Å²) in [6, 6.07) is 18.0. The third-order valence-corrected chi connectivity index (χ3v) is 5.35. The Hall–Kier alpha value is -1.74. The molecular weight excluding hydrogens is 280 g/mol. The highest BCUT2D eigenvalue weighted by atomic mass is 32.2. The molecule has 3 heteroatoms. The topological polar surface area (TPSA) is 37.3 Å². The van der Waals surface area contributed by atoms with Crippen LogP contribution >= 0.6 is 11.8 Å². The summed E-state index contributed by atoms with van der Waals surface area (Å²) >= 11 is 1.88. The number of carbonyl (C=O) groups is 1. The lowest BCUT2D eigenvalue weighted by molar-refractivity contribution is -0.139. The average Bonchev–Trinajstić information content (AvgIpc) is 2.92. The number of hydrogen-bond donors (Lipinski definition) is 1. The Kier molecular flexibility index (Phi) is 4.30. The van der Waals surface area contributed by atoms with E-state index in [1.165, 1.54) is 10.5 Å². The van der Waals surface area contributed by atoms with Crippen molar-refractivity contribution >= 4 is 17.7 Å². The molecule has 0 fully saturated rings. The summed E-state index contributed by atoms with van der Waals surface area (Å²) in [6.45, 7) is 0. The quantitative estimate of drug-likeness (QED) is 0.881. The normalized spacial score (nSPS) is 18.2. The Morgan fingerprint density at radius 1 is 1.14 bits per heavy atom. The van der Waals surface area contributed by atoms with Gasteiger partial charge in [-0.05, 0) is 36.0 Å². The first-order valence-electron chi connectivity index (χ1n) is 7.25. The van der Waals surface area contributed by atoms with Gasteiger partial charge in [-0.1, -0.05) is 48.5 Å². The molecule has 0 amide bonds. The molecule has 0 spiro atoms. The maximum absolute atomic E-state index is 11.5. The molecule has 0 bridgehead atoms. The van der Waals surface area contributed by atoms with Crippen LogP contribution in [0.1, 0.15) is 35.8 Å². The fourth-order valence-electron chi connectivity index (χ4n) is 2.95. The Labute approximate surface area is 129 Å². The van der Waals surface area contributed by atoms with E-state index in [2.05, 4.69) is 24.3 Å². The summed E-state index contributed by atoms with van der Waals surface area (Å²) in [5, 5.41) is 9.49. The Morgan fingerprint density at radius 2 is 1.86 bits per heavy atom. The molecule has 0 saturated heterocycles. The summed E-state index contributed by atoms with van der Waals surface area (Å²) in [6.07, 6.45) is 1.62. The second kappa shape index (κ2) is 6.35. The number of benzene rings is 2. The van der Waals surface area contributed by atoms with E-state index in [0.717, 1.165) is 17.7 Å². The van der Waals surface area contributed by atoms with Gasteiger partial charge in [0.05, 0.1) is 5.92 Å². The molecule has 1 heterocycles. The number of hydrogen-bond acceptors (Lipinski definition) is 2. The van der Waals surface area contributed by atoms with E-state index in [-0.39, 0.29) is 0 Å². The van der Waals surface area contributed by atoms with Gasteiger partial charge >= 0.3 is 5.97 Å².